The maximum absolute atomic E-state index is 12.9. The number of hydrogen-bond acceptors (Lipinski definition) is 8. The highest BCUT2D eigenvalue weighted by molar-refractivity contribution is 8.01. The highest BCUT2D eigenvalue weighted by Crippen LogP contribution is 2.28. The molecule has 0 radical (unpaired) electrons. The minimum absolute atomic E-state index is 0.0497. The molecule has 2 aliphatic rings. The van der Waals surface area contributed by atoms with E-state index in [1.54, 1.807) is 4.90 Å². The van der Waals surface area contributed by atoms with E-state index in [2.05, 4.69) is 20.4 Å². The summed E-state index contributed by atoms with van der Waals surface area (Å²) in [5.74, 6) is 0.422. The summed E-state index contributed by atoms with van der Waals surface area (Å²) >= 11 is 2.88. The Morgan fingerprint density at radius 1 is 1.12 bits per heavy atom. The van der Waals surface area contributed by atoms with Gasteiger partial charge in [-0.05, 0) is 37.1 Å². The number of carbonyl (C=O) groups is 2. The number of thioether (sulfide) groups is 1. The molecule has 0 atom stereocenters. The molecular weight excluding hydrogens is 453 g/mol. The fraction of sp³-hybridized carbons (Fsp3) is 0.524. The predicted molar refractivity (Wildman–Crippen MR) is 122 cm³/mol. The van der Waals surface area contributed by atoms with Crippen molar-refractivity contribution in [1.29, 1.82) is 0 Å². The van der Waals surface area contributed by atoms with Gasteiger partial charge in [-0.2, -0.15) is 0 Å². The number of carbonyl (C=O) groups excluding carboxylic acids is 2. The zero-order valence-electron chi connectivity index (χ0n) is 17.7. The largest absolute Gasteiger partial charge is 0.484 e. The number of nitrogens with one attached hydrogen (secondary N) is 1. The zero-order chi connectivity index (χ0) is 22.3. The third-order valence-corrected chi connectivity index (χ3v) is 7.64. The molecule has 1 aliphatic heterocycles. The van der Waals surface area contributed by atoms with Gasteiger partial charge in [0.05, 0.1) is 5.75 Å². The maximum Gasteiger partial charge on any atom is 0.260 e. The Morgan fingerprint density at radius 3 is 2.56 bits per heavy atom. The van der Waals surface area contributed by atoms with E-state index in [1.165, 1.54) is 60.2 Å². The second kappa shape index (κ2) is 11.0. The molecule has 32 heavy (non-hydrogen) atoms. The lowest BCUT2D eigenvalue weighted by atomic mass is 10.2. The number of halogens is 1. The van der Waals surface area contributed by atoms with E-state index >= 15 is 0 Å². The molecule has 1 N–H and O–H groups in total. The van der Waals surface area contributed by atoms with Crippen LogP contribution in [0.3, 0.4) is 0 Å². The van der Waals surface area contributed by atoms with E-state index in [-0.39, 0.29) is 24.2 Å². The number of piperazine rings is 1. The second-order valence-corrected chi connectivity index (χ2v) is 9.98. The van der Waals surface area contributed by atoms with Gasteiger partial charge in [-0.1, -0.05) is 35.9 Å². The van der Waals surface area contributed by atoms with Crippen LogP contribution in [0.15, 0.2) is 28.6 Å². The van der Waals surface area contributed by atoms with Gasteiger partial charge in [0.15, 0.2) is 10.9 Å². The molecule has 1 saturated heterocycles. The van der Waals surface area contributed by atoms with Gasteiger partial charge >= 0.3 is 0 Å². The Balaban J connectivity index is 1.18. The molecule has 1 saturated carbocycles. The number of nitrogens with zero attached hydrogens (tertiary/aromatic N) is 4. The first kappa shape index (κ1) is 22.8. The lowest BCUT2D eigenvalue weighted by molar-refractivity contribution is -0.133. The van der Waals surface area contributed by atoms with Crippen LogP contribution in [-0.2, 0) is 9.59 Å². The summed E-state index contributed by atoms with van der Waals surface area (Å²) in [6.07, 6.45) is 4.54. The van der Waals surface area contributed by atoms with Crippen LogP contribution in [0.4, 0.5) is 9.52 Å². The Kier molecular flexibility index (Phi) is 7.80. The van der Waals surface area contributed by atoms with Crippen LogP contribution in [0, 0.1) is 5.82 Å². The highest BCUT2D eigenvalue weighted by Gasteiger charge is 2.24. The molecule has 8 nitrogen and oxygen atoms in total. The molecule has 2 amide bonds. The standard InChI is InChI=1S/C21H26FN5O3S2/c22-15-5-7-17(8-6-15)30-13-19(29)26-9-11-27(12-10-26)20-24-25-21(32-20)31-14-18(28)23-16-3-1-2-4-16/h5-8,16H,1-4,9-14H2,(H,23,28). The average molecular weight is 480 g/mol. The zero-order valence-corrected chi connectivity index (χ0v) is 19.3. The molecule has 1 aliphatic carbocycles. The van der Waals surface area contributed by atoms with Crippen molar-refractivity contribution in [2.45, 2.75) is 36.1 Å². The molecule has 1 aromatic heterocycles. The second-order valence-electron chi connectivity index (χ2n) is 7.80. The maximum atomic E-state index is 12.9. The van der Waals surface area contributed by atoms with E-state index < -0.39 is 0 Å². The van der Waals surface area contributed by atoms with Gasteiger partial charge in [0.25, 0.3) is 5.91 Å². The SMILES string of the molecule is O=C(CSc1nnc(N2CCN(C(=O)COc3ccc(F)cc3)CC2)s1)NC1CCCC1. The first-order chi connectivity index (χ1) is 15.6. The third-order valence-electron chi connectivity index (χ3n) is 5.52. The number of benzene rings is 1. The Labute approximate surface area is 194 Å². The van der Waals surface area contributed by atoms with E-state index in [0.717, 1.165) is 22.3 Å². The highest BCUT2D eigenvalue weighted by atomic mass is 32.2. The first-order valence-electron chi connectivity index (χ1n) is 10.7. The molecule has 2 fully saturated rings. The quantitative estimate of drug-likeness (QED) is 0.582. The fourth-order valence-electron chi connectivity index (χ4n) is 3.77. The molecule has 2 aromatic rings. The Hall–Kier alpha value is -2.40. The minimum atomic E-state index is -0.342. The number of rotatable bonds is 8. The van der Waals surface area contributed by atoms with Crippen LogP contribution < -0.4 is 15.0 Å². The molecule has 0 bridgehead atoms. The van der Waals surface area contributed by atoms with E-state index in [1.807, 2.05) is 0 Å². The van der Waals surface area contributed by atoms with Crippen molar-refractivity contribution in [2.75, 3.05) is 43.4 Å². The van der Waals surface area contributed by atoms with Crippen molar-refractivity contribution in [2.24, 2.45) is 0 Å². The van der Waals surface area contributed by atoms with Gasteiger partial charge < -0.3 is 19.9 Å². The molecule has 4 rings (SSSR count). The van der Waals surface area contributed by atoms with Crippen LogP contribution in [0.5, 0.6) is 5.75 Å². The summed E-state index contributed by atoms with van der Waals surface area (Å²) in [5, 5.41) is 12.3. The fourth-order valence-corrected chi connectivity index (χ4v) is 5.47. The van der Waals surface area contributed by atoms with Crippen molar-refractivity contribution < 1.29 is 18.7 Å². The molecule has 0 spiro atoms. The predicted octanol–water partition coefficient (Wildman–Crippen LogP) is 2.56. The first-order valence-corrected chi connectivity index (χ1v) is 12.5. The van der Waals surface area contributed by atoms with Gasteiger partial charge in [0, 0.05) is 32.2 Å². The Morgan fingerprint density at radius 2 is 1.84 bits per heavy atom. The monoisotopic (exact) mass is 479 g/mol. The summed E-state index contributed by atoms with van der Waals surface area (Å²) in [7, 11) is 0. The Bertz CT molecular complexity index is 912. The van der Waals surface area contributed by atoms with Crippen LogP contribution in [0.25, 0.3) is 0 Å². The molecule has 0 unspecified atom stereocenters. The lowest BCUT2D eigenvalue weighted by Crippen LogP contribution is -2.50. The van der Waals surface area contributed by atoms with Gasteiger partial charge in [0.2, 0.25) is 11.0 Å². The minimum Gasteiger partial charge on any atom is -0.484 e. The van der Waals surface area contributed by atoms with Gasteiger partial charge in [-0.15, -0.1) is 10.2 Å². The summed E-state index contributed by atoms with van der Waals surface area (Å²) in [4.78, 5) is 28.3. The summed E-state index contributed by atoms with van der Waals surface area (Å²) in [6.45, 7) is 2.37. The van der Waals surface area contributed by atoms with Gasteiger partial charge in [0.1, 0.15) is 11.6 Å². The number of anilines is 1. The van der Waals surface area contributed by atoms with Crippen LogP contribution >= 0.6 is 23.1 Å². The van der Waals surface area contributed by atoms with Crippen molar-refractivity contribution >= 4 is 40.0 Å². The summed E-state index contributed by atoms with van der Waals surface area (Å²) < 4.78 is 19.2. The summed E-state index contributed by atoms with van der Waals surface area (Å²) in [5.41, 5.74) is 0. The number of aromatic nitrogens is 2. The molecule has 2 heterocycles. The number of amides is 2. The van der Waals surface area contributed by atoms with E-state index in [9.17, 15) is 14.0 Å². The summed E-state index contributed by atoms with van der Waals surface area (Å²) in [6, 6.07) is 5.94. The molecule has 1 aromatic carbocycles. The number of hydrogen-bond donors (Lipinski definition) is 1. The van der Waals surface area contributed by atoms with E-state index in [0.29, 0.717) is 43.7 Å². The van der Waals surface area contributed by atoms with Crippen molar-refractivity contribution in [3.8, 4) is 5.75 Å². The van der Waals surface area contributed by atoms with Crippen molar-refractivity contribution in [3.05, 3.63) is 30.1 Å². The van der Waals surface area contributed by atoms with Crippen LogP contribution in [-0.4, -0.2) is 71.5 Å². The van der Waals surface area contributed by atoms with E-state index in [4.69, 9.17) is 4.74 Å². The van der Waals surface area contributed by atoms with Crippen LogP contribution in [0.2, 0.25) is 0 Å². The van der Waals surface area contributed by atoms with Gasteiger partial charge in [-0.3, -0.25) is 9.59 Å². The smallest absolute Gasteiger partial charge is 0.260 e. The van der Waals surface area contributed by atoms with Crippen LogP contribution in [0.1, 0.15) is 25.7 Å². The molecule has 11 heteroatoms. The van der Waals surface area contributed by atoms with Gasteiger partial charge in [-0.25, -0.2) is 4.39 Å². The third kappa shape index (κ3) is 6.32. The lowest BCUT2D eigenvalue weighted by Gasteiger charge is -2.34. The molecular formula is C21H26FN5O3S2. The number of ether oxygens (including phenoxy) is 1. The van der Waals surface area contributed by atoms with Crippen molar-refractivity contribution in [3.63, 3.8) is 0 Å². The average Bonchev–Trinajstić information content (AvgIpc) is 3.49. The topological polar surface area (TPSA) is 87.7 Å². The normalized spacial score (nSPS) is 16.9. The van der Waals surface area contributed by atoms with Crippen molar-refractivity contribution in [1.82, 2.24) is 20.4 Å². The molecule has 172 valence electrons.